The Hall–Kier alpha value is -3.80. The van der Waals surface area contributed by atoms with Gasteiger partial charge in [-0.05, 0) is 42.3 Å². The van der Waals surface area contributed by atoms with E-state index in [0.29, 0.717) is 23.3 Å². The number of nitrogens with zero attached hydrogens (tertiary/aromatic N) is 5. The summed E-state index contributed by atoms with van der Waals surface area (Å²) in [6.45, 7) is 0.265. The molecule has 12 heteroatoms. The first-order valence-electron chi connectivity index (χ1n) is 10.6. The molecule has 0 spiro atoms. The summed E-state index contributed by atoms with van der Waals surface area (Å²) < 4.78 is 73.1. The zero-order valence-electron chi connectivity index (χ0n) is 18.1. The molecule has 4 aromatic rings. The Bertz CT molecular complexity index is 1460. The topological polar surface area (TPSA) is 99.9 Å². The SMILES string of the molecule is O=S(=O)(Cc1ncccn1)c1ccc2c(c1)OCC[C@H]2c1ccc(C(F)(F)F)cc1-n1ccnn1. The van der Waals surface area contributed by atoms with Gasteiger partial charge in [0.05, 0.1) is 35.1 Å². The number of sulfone groups is 1. The predicted molar refractivity (Wildman–Crippen MR) is 118 cm³/mol. The minimum absolute atomic E-state index is 0.0493. The number of aromatic nitrogens is 5. The van der Waals surface area contributed by atoms with Crippen molar-refractivity contribution >= 4 is 9.84 Å². The fourth-order valence-electron chi connectivity index (χ4n) is 4.09. The van der Waals surface area contributed by atoms with Gasteiger partial charge in [-0.3, -0.25) is 0 Å². The van der Waals surface area contributed by atoms with E-state index < -0.39 is 21.6 Å². The van der Waals surface area contributed by atoms with Gasteiger partial charge in [0.15, 0.2) is 9.84 Å². The fourth-order valence-corrected chi connectivity index (χ4v) is 5.31. The molecule has 180 valence electrons. The zero-order chi connectivity index (χ0) is 24.6. The molecule has 0 saturated heterocycles. The quantitative estimate of drug-likeness (QED) is 0.408. The van der Waals surface area contributed by atoms with Gasteiger partial charge in [-0.2, -0.15) is 13.2 Å². The molecule has 1 aliphatic heterocycles. The molecule has 8 nitrogen and oxygen atoms in total. The molecule has 0 unspecified atom stereocenters. The van der Waals surface area contributed by atoms with Crippen LogP contribution in [0.15, 0.2) is 72.1 Å². The second kappa shape index (κ2) is 8.77. The van der Waals surface area contributed by atoms with Gasteiger partial charge in [0.25, 0.3) is 0 Å². The summed E-state index contributed by atoms with van der Waals surface area (Å²) in [7, 11) is -3.75. The van der Waals surface area contributed by atoms with Crippen LogP contribution in [0, 0.1) is 0 Å². The van der Waals surface area contributed by atoms with Crippen molar-refractivity contribution in [1.82, 2.24) is 25.0 Å². The van der Waals surface area contributed by atoms with Crippen molar-refractivity contribution in [2.24, 2.45) is 0 Å². The maximum atomic E-state index is 13.4. The van der Waals surface area contributed by atoms with E-state index in [1.54, 1.807) is 12.1 Å². The van der Waals surface area contributed by atoms with Crippen molar-refractivity contribution in [3.63, 3.8) is 0 Å². The lowest BCUT2D eigenvalue weighted by Crippen LogP contribution is -2.18. The largest absolute Gasteiger partial charge is 0.493 e. The van der Waals surface area contributed by atoms with Crippen molar-refractivity contribution in [3.05, 3.63) is 89.8 Å². The maximum Gasteiger partial charge on any atom is 0.416 e. The molecule has 0 bridgehead atoms. The molecule has 5 rings (SSSR count). The molecular formula is C23H18F3N5O3S. The van der Waals surface area contributed by atoms with Gasteiger partial charge >= 0.3 is 6.18 Å². The van der Waals surface area contributed by atoms with Crippen molar-refractivity contribution in [3.8, 4) is 11.4 Å². The van der Waals surface area contributed by atoms with Crippen LogP contribution < -0.4 is 4.74 Å². The Labute approximate surface area is 198 Å². The number of alkyl halides is 3. The number of halogens is 3. The summed E-state index contributed by atoms with van der Waals surface area (Å²) in [6.07, 6.45) is 1.76. The monoisotopic (exact) mass is 501 g/mol. The molecule has 0 fully saturated rings. The molecule has 1 atom stereocenters. The van der Waals surface area contributed by atoms with Crippen LogP contribution in [0.25, 0.3) is 5.69 Å². The maximum absolute atomic E-state index is 13.4. The average Bonchev–Trinajstić information content (AvgIpc) is 3.38. The van der Waals surface area contributed by atoms with Gasteiger partial charge < -0.3 is 4.74 Å². The Kier molecular flexibility index (Phi) is 5.75. The van der Waals surface area contributed by atoms with Crippen molar-refractivity contribution in [2.75, 3.05) is 6.61 Å². The zero-order valence-corrected chi connectivity index (χ0v) is 18.9. The highest BCUT2D eigenvalue weighted by molar-refractivity contribution is 7.90. The third-order valence-corrected chi connectivity index (χ3v) is 7.33. The highest BCUT2D eigenvalue weighted by atomic mass is 32.2. The van der Waals surface area contributed by atoms with Crippen LogP contribution in [0.3, 0.4) is 0 Å². The Morgan fingerprint density at radius 2 is 1.80 bits per heavy atom. The van der Waals surface area contributed by atoms with Crippen LogP contribution >= 0.6 is 0 Å². The Morgan fingerprint density at radius 1 is 1.03 bits per heavy atom. The van der Waals surface area contributed by atoms with E-state index in [9.17, 15) is 21.6 Å². The number of fused-ring (bicyclic) bond motifs is 1. The summed E-state index contributed by atoms with van der Waals surface area (Å²) in [6, 6.07) is 9.65. The van der Waals surface area contributed by atoms with Crippen LogP contribution in [0.2, 0.25) is 0 Å². The minimum Gasteiger partial charge on any atom is -0.493 e. The minimum atomic E-state index is -4.52. The third-order valence-electron chi connectivity index (χ3n) is 5.72. The molecule has 1 aliphatic rings. The van der Waals surface area contributed by atoms with Gasteiger partial charge in [-0.25, -0.2) is 23.1 Å². The van der Waals surface area contributed by atoms with Gasteiger partial charge in [0.2, 0.25) is 0 Å². The average molecular weight is 501 g/mol. The number of hydrogen-bond acceptors (Lipinski definition) is 7. The summed E-state index contributed by atoms with van der Waals surface area (Å²) >= 11 is 0. The summed E-state index contributed by atoms with van der Waals surface area (Å²) in [5, 5.41) is 7.61. The van der Waals surface area contributed by atoms with Gasteiger partial charge in [-0.15, -0.1) is 5.10 Å². The highest BCUT2D eigenvalue weighted by Gasteiger charge is 2.33. The smallest absolute Gasteiger partial charge is 0.416 e. The Balaban J connectivity index is 1.54. The molecule has 2 aromatic carbocycles. The molecule has 0 saturated carbocycles. The normalized spacial score (nSPS) is 15.9. The predicted octanol–water partition coefficient (Wildman–Crippen LogP) is 3.96. The van der Waals surface area contributed by atoms with E-state index >= 15 is 0 Å². The van der Waals surface area contributed by atoms with E-state index in [-0.39, 0.29) is 34.7 Å². The first-order valence-corrected chi connectivity index (χ1v) is 12.2. The summed E-state index contributed by atoms with van der Waals surface area (Å²) in [4.78, 5) is 7.99. The van der Waals surface area contributed by atoms with Crippen molar-refractivity contribution in [1.29, 1.82) is 0 Å². The molecule has 3 heterocycles. The van der Waals surface area contributed by atoms with E-state index in [1.807, 2.05) is 0 Å². The second-order valence-corrected chi connectivity index (χ2v) is 9.92. The number of benzene rings is 2. The van der Waals surface area contributed by atoms with Crippen molar-refractivity contribution in [2.45, 2.75) is 29.2 Å². The number of ether oxygens (including phenoxy) is 1. The summed E-state index contributed by atoms with van der Waals surface area (Å²) in [5.74, 6) is -0.174. The molecular weight excluding hydrogens is 483 g/mol. The third kappa shape index (κ3) is 4.61. The van der Waals surface area contributed by atoms with E-state index in [0.717, 1.165) is 12.1 Å². The standard InChI is InChI=1S/C23H18F3N5O3S/c24-23(25,26)15-2-4-18(20(12-15)31-10-9-29-30-31)17-6-11-34-21-13-16(3-5-19(17)21)35(32,33)14-22-27-7-1-8-28-22/h1-5,7-10,12-13,17H,6,11,14H2/t17-/m0/s1. The van der Waals surface area contributed by atoms with Crippen LogP contribution in [-0.2, 0) is 21.8 Å². The first kappa shape index (κ1) is 23.0. The van der Waals surface area contributed by atoms with E-state index in [4.69, 9.17) is 4.74 Å². The van der Waals surface area contributed by atoms with E-state index in [1.165, 1.54) is 47.7 Å². The highest BCUT2D eigenvalue weighted by Crippen LogP contribution is 2.42. The molecule has 0 aliphatic carbocycles. The fraction of sp³-hybridized carbons (Fsp3) is 0.217. The van der Waals surface area contributed by atoms with E-state index in [2.05, 4.69) is 20.3 Å². The summed E-state index contributed by atoms with van der Waals surface area (Å²) in [5.41, 5.74) is 0.713. The molecule has 2 aromatic heterocycles. The van der Waals surface area contributed by atoms with Gasteiger partial charge in [0.1, 0.15) is 17.3 Å². The first-order chi connectivity index (χ1) is 16.7. The van der Waals surface area contributed by atoms with Crippen LogP contribution in [0.1, 0.15) is 34.9 Å². The molecule has 35 heavy (non-hydrogen) atoms. The lowest BCUT2D eigenvalue weighted by Gasteiger charge is -2.28. The lowest BCUT2D eigenvalue weighted by molar-refractivity contribution is -0.137. The molecule has 0 radical (unpaired) electrons. The van der Waals surface area contributed by atoms with Crippen molar-refractivity contribution < 1.29 is 26.3 Å². The number of hydrogen-bond donors (Lipinski definition) is 0. The second-order valence-electron chi connectivity index (χ2n) is 7.93. The Morgan fingerprint density at radius 3 is 2.51 bits per heavy atom. The molecule has 0 N–H and O–H groups in total. The van der Waals surface area contributed by atoms with Gasteiger partial charge in [0, 0.05) is 23.9 Å². The van der Waals surface area contributed by atoms with Crippen LogP contribution in [0.4, 0.5) is 13.2 Å². The van der Waals surface area contributed by atoms with Gasteiger partial charge in [-0.1, -0.05) is 17.3 Å². The molecule has 0 amide bonds. The lowest BCUT2D eigenvalue weighted by atomic mass is 9.85. The van der Waals surface area contributed by atoms with Crippen LogP contribution in [0.5, 0.6) is 5.75 Å². The van der Waals surface area contributed by atoms with Crippen LogP contribution in [-0.4, -0.2) is 40.0 Å². The number of rotatable bonds is 5.